The zero-order chi connectivity index (χ0) is 17.8. The van der Waals surface area contributed by atoms with Gasteiger partial charge < -0.3 is 4.42 Å². The normalized spacial score (nSPS) is 18.2. The van der Waals surface area contributed by atoms with E-state index >= 15 is 0 Å². The van der Waals surface area contributed by atoms with Gasteiger partial charge in [-0.1, -0.05) is 36.8 Å². The number of rotatable bonds is 6. The maximum Gasteiger partial charge on any atom is 0.164 e. The molecule has 0 amide bonds. The Morgan fingerprint density at radius 1 is 1.08 bits per heavy atom. The Hall–Kier alpha value is -2.39. The highest BCUT2D eigenvalue weighted by atomic mass is 16.3. The number of hydrogen-bond donors (Lipinski definition) is 0. The Morgan fingerprint density at radius 3 is 2.85 bits per heavy atom. The molecule has 1 aliphatic rings. The van der Waals surface area contributed by atoms with Gasteiger partial charge in [0.05, 0.1) is 6.26 Å². The van der Waals surface area contributed by atoms with E-state index in [2.05, 4.69) is 35.2 Å². The summed E-state index contributed by atoms with van der Waals surface area (Å²) in [4.78, 5) is 15.2. The molecule has 1 atom stereocenters. The molecule has 2 aromatic carbocycles. The molecule has 0 aliphatic carbocycles. The van der Waals surface area contributed by atoms with Gasteiger partial charge in [-0.2, -0.15) is 0 Å². The van der Waals surface area contributed by atoms with Crippen molar-refractivity contribution in [3.63, 3.8) is 0 Å². The Morgan fingerprint density at radius 2 is 1.96 bits per heavy atom. The Labute approximate surface area is 154 Å². The second-order valence-corrected chi connectivity index (χ2v) is 7.22. The third-order valence-electron chi connectivity index (χ3n) is 5.46. The van der Waals surface area contributed by atoms with Crippen LogP contribution in [0, 0.1) is 0 Å². The number of Topliss-reactive ketones (excluding diaryl/α,β-unsaturated/α-hetero) is 1. The fourth-order valence-corrected chi connectivity index (χ4v) is 4.00. The van der Waals surface area contributed by atoms with Crippen LogP contribution in [0.5, 0.6) is 0 Å². The Bertz CT molecular complexity index is 868. The van der Waals surface area contributed by atoms with Crippen LogP contribution >= 0.6 is 0 Å². The first-order valence-corrected chi connectivity index (χ1v) is 9.58. The molecule has 1 saturated heterocycles. The molecule has 0 N–H and O–H groups in total. The highest BCUT2D eigenvalue weighted by molar-refractivity contribution is 5.99. The summed E-state index contributed by atoms with van der Waals surface area (Å²) < 4.78 is 5.36. The number of hydrogen-bond acceptors (Lipinski definition) is 3. The van der Waals surface area contributed by atoms with E-state index in [1.54, 1.807) is 6.26 Å². The zero-order valence-electron chi connectivity index (χ0n) is 15.1. The fraction of sp³-hybridized carbons (Fsp3) is 0.348. The lowest BCUT2D eigenvalue weighted by Gasteiger charge is -2.35. The highest BCUT2D eigenvalue weighted by Gasteiger charge is 2.23. The molecule has 1 fully saturated rings. The van der Waals surface area contributed by atoms with Gasteiger partial charge in [0.2, 0.25) is 0 Å². The van der Waals surface area contributed by atoms with E-state index < -0.39 is 0 Å². The second-order valence-electron chi connectivity index (χ2n) is 7.22. The number of piperidine rings is 1. The summed E-state index contributed by atoms with van der Waals surface area (Å²) >= 11 is 0. The van der Waals surface area contributed by atoms with Crippen molar-refractivity contribution in [2.75, 3.05) is 13.1 Å². The molecule has 3 heteroatoms. The van der Waals surface area contributed by atoms with Gasteiger partial charge in [0, 0.05) is 30.0 Å². The molecule has 1 aliphatic heterocycles. The van der Waals surface area contributed by atoms with E-state index in [4.69, 9.17) is 4.42 Å². The lowest BCUT2D eigenvalue weighted by Crippen LogP contribution is -2.41. The Kier molecular flexibility index (Phi) is 5.16. The number of nitrogens with zero attached hydrogens (tertiary/aromatic N) is 1. The van der Waals surface area contributed by atoms with Crippen LogP contribution in [-0.4, -0.2) is 29.8 Å². The minimum atomic E-state index is 0.220. The average Bonchev–Trinajstić information content (AvgIpc) is 3.16. The summed E-state index contributed by atoms with van der Waals surface area (Å²) in [5.41, 5.74) is 3.01. The van der Waals surface area contributed by atoms with Crippen molar-refractivity contribution in [2.45, 2.75) is 38.1 Å². The van der Waals surface area contributed by atoms with Gasteiger partial charge in [-0.05, 0) is 55.6 Å². The molecule has 0 bridgehead atoms. The van der Waals surface area contributed by atoms with Crippen LogP contribution in [0.3, 0.4) is 0 Å². The quantitative estimate of drug-likeness (QED) is 0.582. The first-order chi connectivity index (χ1) is 12.8. The molecular weight excluding hydrogens is 322 g/mol. The van der Waals surface area contributed by atoms with Crippen LogP contribution < -0.4 is 0 Å². The van der Waals surface area contributed by atoms with Crippen LogP contribution in [0.4, 0.5) is 0 Å². The molecule has 1 unspecified atom stereocenters. The second kappa shape index (κ2) is 7.88. The molecule has 4 rings (SSSR count). The average molecular weight is 347 g/mol. The standard InChI is InChI=1S/C23H25NO2/c25-22(19-9-10-23-20(17-19)12-15-26-23)11-14-24-13-5-4-8-21(24)16-18-6-2-1-3-7-18/h1-3,6-7,9-10,12,15,17,21H,4-5,8,11,13-14,16H2. The van der Waals surface area contributed by atoms with E-state index in [9.17, 15) is 4.79 Å². The predicted molar refractivity (Wildman–Crippen MR) is 105 cm³/mol. The minimum Gasteiger partial charge on any atom is -0.464 e. The van der Waals surface area contributed by atoms with Crippen LogP contribution in [0.2, 0.25) is 0 Å². The van der Waals surface area contributed by atoms with Crippen molar-refractivity contribution in [1.29, 1.82) is 0 Å². The third kappa shape index (κ3) is 3.88. The van der Waals surface area contributed by atoms with E-state index in [1.807, 2.05) is 24.3 Å². The largest absolute Gasteiger partial charge is 0.464 e. The van der Waals surface area contributed by atoms with Gasteiger partial charge >= 0.3 is 0 Å². The van der Waals surface area contributed by atoms with Crippen molar-refractivity contribution < 1.29 is 9.21 Å². The summed E-state index contributed by atoms with van der Waals surface area (Å²) in [7, 11) is 0. The van der Waals surface area contributed by atoms with Crippen LogP contribution in [0.25, 0.3) is 11.0 Å². The first kappa shape index (κ1) is 17.0. The van der Waals surface area contributed by atoms with Crippen molar-refractivity contribution >= 4 is 16.8 Å². The van der Waals surface area contributed by atoms with Crippen molar-refractivity contribution in [2.24, 2.45) is 0 Å². The summed E-state index contributed by atoms with van der Waals surface area (Å²) in [6, 6.07) is 18.9. The van der Waals surface area contributed by atoms with E-state index in [1.165, 1.54) is 24.8 Å². The van der Waals surface area contributed by atoms with Gasteiger partial charge in [-0.15, -0.1) is 0 Å². The fourth-order valence-electron chi connectivity index (χ4n) is 4.00. The topological polar surface area (TPSA) is 33.5 Å². The van der Waals surface area contributed by atoms with E-state index in [0.29, 0.717) is 12.5 Å². The van der Waals surface area contributed by atoms with Gasteiger partial charge in [0.25, 0.3) is 0 Å². The molecule has 2 heterocycles. The summed E-state index contributed by atoms with van der Waals surface area (Å²) in [5, 5.41) is 0.996. The van der Waals surface area contributed by atoms with Gasteiger partial charge in [-0.3, -0.25) is 9.69 Å². The van der Waals surface area contributed by atoms with Crippen molar-refractivity contribution in [1.82, 2.24) is 4.90 Å². The number of furan rings is 1. The van der Waals surface area contributed by atoms with Crippen LogP contribution in [0.15, 0.2) is 65.3 Å². The van der Waals surface area contributed by atoms with Gasteiger partial charge in [0.1, 0.15) is 5.58 Å². The number of ketones is 1. The van der Waals surface area contributed by atoms with Crippen molar-refractivity contribution in [3.8, 4) is 0 Å². The lowest BCUT2D eigenvalue weighted by molar-refractivity contribution is 0.0926. The first-order valence-electron chi connectivity index (χ1n) is 9.58. The molecule has 3 aromatic rings. The Balaban J connectivity index is 1.39. The number of benzene rings is 2. The van der Waals surface area contributed by atoms with Crippen molar-refractivity contribution in [3.05, 3.63) is 72.0 Å². The maximum absolute atomic E-state index is 12.7. The monoisotopic (exact) mass is 347 g/mol. The molecule has 0 radical (unpaired) electrons. The van der Waals surface area contributed by atoms with Crippen LogP contribution in [-0.2, 0) is 6.42 Å². The molecule has 3 nitrogen and oxygen atoms in total. The van der Waals surface area contributed by atoms with E-state index in [0.717, 1.165) is 36.0 Å². The predicted octanol–water partition coefficient (Wildman–Crippen LogP) is 5.10. The molecule has 0 saturated carbocycles. The molecule has 1 aromatic heterocycles. The van der Waals surface area contributed by atoms with Gasteiger partial charge in [-0.25, -0.2) is 0 Å². The number of likely N-dealkylation sites (tertiary alicyclic amines) is 1. The molecule has 134 valence electrons. The minimum absolute atomic E-state index is 0.220. The highest BCUT2D eigenvalue weighted by Crippen LogP contribution is 2.22. The summed E-state index contributed by atoms with van der Waals surface area (Å²) in [6.07, 6.45) is 7.08. The third-order valence-corrected chi connectivity index (χ3v) is 5.46. The maximum atomic E-state index is 12.7. The number of carbonyl (C=O) groups is 1. The molecule has 0 spiro atoms. The number of fused-ring (bicyclic) bond motifs is 1. The molecular formula is C23H25NO2. The SMILES string of the molecule is O=C(CCN1CCCCC1Cc1ccccc1)c1ccc2occc2c1. The van der Waals surface area contributed by atoms with E-state index in [-0.39, 0.29) is 5.78 Å². The zero-order valence-corrected chi connectivity index (χ0v) is 15.1. The molecule has 26 heavy (non-hydrogen) atoms. The van der Waals surface area contributed by atoms with Crippen LogP contribution in [0.1, 0.15) is 41.6 Å². The lowest BCUT2D eigenvalue weighted by atomic mass is 9.95. The summed E-state index contributed by atoms with van der Waals surface area (Å²) in [6.45, 7) is 1.95. The smallest absolute Gasteiger partial charge is 0.164 e. The van der Waals surface area contributed by atoms with Gasteiger partial charge in [0.15, 0.2) is 5.78 Å². The summed E-state index contributed by atoms with van der Waals surface area (Å²) in [5.74, 6) is 0.220. The number of carbonyl (C=O) groups excluding carboxylic acids is 1.